The second kappa shape index (κ2) is 4.52. The Labute approximate surface area is 103 Å². The van der Waals surface area contributed by atoms with Crippen LogP contribution in [0.5, 0.6) is 0 Å². The molecule has 0 bridgehead atoms. The minimum atomic E-state index is -4.63. The summed E-state index contributed by atoms with van der Waals surface area (Å²) in [6.45, 7) is 1.13. The Hall–Kier alpha value is -0.920. The summed E-state index contributed by atoms with van der Waals surface area (Å²) in [6, 6.07) is 1.98. The number of carbonyl (C=O) groups excluding carboxylic acids is 2. The van der Waals surface area contributed by atoms with Crippen LogP contribution in [0.4, 0.5) is 13.2 Å². The number of benzene rings is 1. The monoisotopic (exact) mass is 342 g/mol. The van der Waals surface area contributed by atoms with Crippen molar-refractivity contribution in [3.63, 3.8) is 0 Å². The summed E-state index contributed by atoms with van der Waals surface area (Å²) in [7, 11) is 0. The van der Waals surface area contributed by atoms with E-state index >= 15 is 0 Å². The van der Waals surface area contributed by atoms with Crippen molar-refractivity contribution in [2.45, 2.75) is 13.1 Å². The van der Waals surface area contributed by atoms with Crippen LogP contribution in [0, 0.1) is 3.57 Å². The summed E-state index contributed by atoms with van der Waals surface area (Å²) in [5, 5.41) is 0. The van der Waals surface area contributed by atoms with Crippen LogP contribution in [-0.4, -0.2) is 12.1 Å². The van der Waals surface area contributed by atoms with Crippen molar-refractivity contribution in [2.24, 2.45) is 0 Å². The quantitative estimate of drug-likeness (QED) is 0.469. The fourth-order valence-corrected chi connectivity index (χ4v) is 2.17. The number of carbonyl (C=O) groups is 2. The first kappa shape index (κ1) is 13.1. The normalized spacial score (nSPS) is 11.3. The summed E-state index contributed by atoms with van der Waals surface area (Å²) in [6.07, 6.45) is -4.56. The van der Waals surface area contributed by atoms with Gasteiger partial charge in [-0.25, -0.2) is 0 Å². The Balaban J connectivity index is 3.62. The molecule has 2 nitrogen and oxygen atoms in total. The van der Waals surface area contributed by atoms with E-state index in [4.69, 9.17) is 0 Å². The molecule has 1 rings (SSSR count). The Kier molecular flexibility index (Phi) is 3.72. The SMILES string of the molecule is CC(=O)c1c(I)ccc(C(F)(F)F)c1C=O. The molecule has 16 heavy (non-hydrogen) atoms. The van der Waals surface area contributed by atoms with Crippen LogP contribution in [0.15, 0.2) is 12.1 Å². The third-order valence-corrected chi connectivity index (χ3v) is 2.87. The van der Waals surface area contributed by atoms with Crippen molar-refractivity contribution in [2.75, 3.05) is 0 Å². The minimum Gasteiger partial charge on any atom is -0.298 e. The first-order valence-corrected chi connectivity index (χ1v) is 5.22. The molecular weight excluding hydrogens is 336 g/mol. The molecule has 0 fully saturated rings. The van der Waals surface area contributed by atoms with E-state index in [-0.39, 0.29) is 11.8 Å². The van der Waals surface area contributed by atoms with Crippen LogP contribution < -0.4 is 0 Å². The zero-order valence-electron chi connectivity index (χ0n) is 8.06. The van der Waals surface area contributed by atoms with E-state index in [2.05, 4.69) is 0 Å². The number of halogens is 4. The van der Waals surface area contributed by atoms with Gasteiger partial charge < -0.3 is 0 Å². The maximum atomic E-state index is 12.5. The van der Waals surface area contributed by atoms with Crippen LogP contribution >= 0.6 is 22.6 Å². The molecule has 0 saturated heterocycles. The lowest BCUT2D eigenvalue weighted by atomic mass is 9.99. The summed E-state index contributed by atoms with van der Waals surface area (Å²) in [5.41, 5.74) is -1.84. The molecular formula is C10H6F3IO2. The van der Waals surface area contributed by atoms with Crippen molar-refractivity contribution in [1.29, 1.82) is 0 Å². The average Bonchev–Trinajstić information content (AvgIpc) is 2.14. The molecule has 1 aromatic rings. The molecule has 0 N–H and O–H groups in total. The second-order valence-corrected chi connectivity index (χ2v) is 4.22. The fourth-order valence-electron chi connectivity index (χ4n) is 1.32. The van der Waals surface area contributed by atoms with Crippen molar-refractivity contribution in [3.8, 4) is 0 Å². The molecule has 0 amide bonds. The predicted octanol–water partition coefficient (Wildman–Crippen LogP) is 3.33. The Bertz CT molecular complexity index is 452. The van der Waals surface area contributed by atoms with E-state index in [0.29, 0.717) is 3.57 Å². The lowest BCUT2D eigenvalue weighted by molar-refractivity contribution is -0.137. The highest BCUT2D eigenvalue weighted by molar-refractivity contribution is 14.1. The highest BCUT2D eigenvalue weighted by atomic mass is 127. The van der Waals surface area contributed by atoms with Gasteiger partial charge in [0.1, 0.15) is 0 Å². The smallest absolute Gasteiger partial charge is 0.298 e. The van der Waals surface area contributed by atoms with Gasteiger partial charge in [0.2, 0.25) is 0 Å². The number of alkyl halides is 3. The Morgan fingerprint density at radius 1 is 1.38 bits per heavy atom. The van der Waals surface area contributed by atoms with Crippen molar-refractivity contribution >= 4 is 34.7 Å². The first-order chi connectivity index (χ1) is 7.29. The van der Waals surface area contributed by atoms with E-state index in [9.17, 15) is 22.8 Å². The van der Waals surface area contributed by atoms with Crippen molar-refractivity contribution in [1.82, 2.24) is 0 Å². The zero-order valence-corrected chi connectivity index (χ0v) is 10.2. The minimum absolute atomic E-state index is 0.0711. The van der Waals surface area contributed by atoms with Gasteiger partial charge in [-0.05, 0) is 41.6 Å². The van der Waals surface area contributed by atoms with Gasteiger partial charge in [-0.2, -0.15) is 13.2 Å². The first-order valence-electron chi connectivity index (χ1n) is 4.15. The van der Waals surface area contributed by atoms with Crippen LogP contribution in [0.1, 0.15) is 33.2 Å². The van der Waals surface area contributed by atoms with Gasteiger partial charge in [0, 0.05) is 14.7 Å². The molecule has 0 aliphatic carbocycles. The molecule has 0 aliphatic heterocycles. The van der Waals surface area contributed by atoms with Gasteiger partial charge in [-0.1, -0.05) is 0 Å². The lowest BCUT2D eigenvalue weighted by Crippen LogP contribution is -2.13. The maximum absolute atomic E-state index is 12.5. The highest BCUT2D eigenvalue weighted by Crippen LogP contribution is 2.34. The zero-order chi connectivity index (χ0) is 12.5. The van der Waals surface area contributed by atoms with Gasteiger partial charge in [0.05, 0.1) is 5.56 Å². The van der Waals surface area contributed by atoms with Crippen LogP contribution in [0.25, 0.3) is 0 Å². The van der Waals surface area contributed by atoms with E-state index in [1.807, 2.05) is 0 Å². The Morgan fingerprint density at radius 3 is 2.31 bits per heavy atom. The van der Waals surface area contributed by atoms with Gasteiger partial charge >= 0.3 is 6.18 Å². The van der Waals surface area contributed by atoms with E-state index < -0.39 is 23.1 Å². The number of rotatable bonds is 2. The van der Waals surface area contributed by atoms with E-state index in [1.165, 1.54) is 6.07 Å². The second-order valence-electron chi connectivity index (χ2n) is 3.06. The fraction of sp³-hybridized carbons (Fsp3) is 0.200. The van der Waals surface area contributed by atoms with Crippen molar-refractivity contribution in [3.05, 3.63) is 32.4 Å². The molecule has 0 radical (unpaired) electrons. The van der Waals surface area contributed by atoms with Crippen molar-refractivity contribution < 1.29 is 22.8 Å². The molecule has 0 atom stereocenters. The van der Waals surface area contributed by atoms with Gasteiger partial charge in [0.25, 0.3) is 0 Å². The highest BCUT2D eigenvalue weighted by Gasteiger charge is 2.35. The summed E-state index contributed by atoms with van der Waals surface area (Å²) >= 11 is 1.72. The molecule has 0 unspecified atom stereocenters. The number of Topliss-reactive ketones (excluding diaryl/α,β-unsaturated/α-hetero) is 1. The molecule has 0 aromatic heterocycles. The van der Waals surface area contributed by atoms with Gasteiger partial charge in [-0.15, -0.1) is 0 Å². The van der Waals surface area contributed by atoms with Gasteiger partial charge in [0.15, 0.2) is 12.1 Å². The summed E-state index contributed by atoms with van der Waals surface area (Å²) in [5.74, 6) is -0.558. The lowest BCUT2D eigenvalue weighted by Gasteiger charge is -2.12. The number of aldehydes is 1. The summed E-state index contributed by atoms with van der Waals surface area (Å²) < 4.78 is 37.9. The molecule has 0 saturated carbocycles. The Morgan fingerprint density at radius 2 is 1.94 bits per heavy atom. The van der Waals surface area contributed by atoms with Crippen LogP contribution in [-0.2, 0) is 6.18 Å². The maximum Gasteiger partial charge on any atom is 0.417 e. The van der Waals surface area contributed by atoms with Crippen LogP contribution in [0.3, 0.4) is 0 Å². The average molecular weight is 342 g/mol. The number of hydrogen-bond acceptors (Lipinski definition) is 2. The molecule has 0 spiro atoms. The third kappa shape index (κ3) is 2.42. The van der Waals surface area contributed by atoms with E-state index in [0.717, 1.165) is 13.0 Å². The molecule has 6 heteroatoms. The molecule has 1 aromatic carbocycles. The van der Waals surface area contributed by atoms with E-state index in [1.54, 1.807) is 22.6 Å². The third-order valence-electron chi connectivity index (χ3n) is 1.97. The largest absolute Gasteiger partial charge is 0.417 e. The van der Waals surface area contributed by atoms with Crippen LogP contribution in [0.2, 0.25) is 0 Å². The molecule has 0 heterocycles. The van der Waals surface area contributed by atoms with Gasteiger partial charge in [-0.3, -0.25) is 9.59 Å². The molecule has 0 aliphatic rings. The molecule has 86 valence electrons. The summed E-state index contributed by atoms with van der Waals surface area (Å²) in [4.78, 5) is 21.9. The topological polar surface area (TPSA) is 34.1 Å². The number of hydrogen-bond donors (Lipinski definition) is 0. The standard InChI is InChI=1S/C10H6F3IO2/c1-5(16)9-6(4-15)7(10(11,12)13)2-3-8(9)14/h2-4H,1H3. The number of ketones is 1. The predicted molar refractivity (Wildman–Crippen MR) is 59.6 cm³/mol.